The van der Waals surface area contributed by atoms with Crippen molar-refractivity contribution in [2.45, 2.75) is 38.5 Å². The van der Waals surface area contributed by atoms with Gasteiger partial charge in [-0.1, -0.05) is 98.2 Å². The second kappa shape index (κ2) is 7.33. The van der Waals surface area contributed by atoms with E-state index in [2.05, 4.69) is 146 Å². The van der Waals surface area contributed by atoms with Crippen molar-refractivity contribution >= 4 is 43.8 Å². The minimum Gasteiger partial charge on any atom is -0.310 e. The molecule has 0 N–H and O–H groups in total. The molecule has 5 aromatic carbocycles. The van der Waals surface area contributed by atoms with Crippen LogP contribution in [0.3, 0.4) is 0 Å². The first-order valence-corrected chi connectivity index (χ1v) is 13.4. The second-order valence-corrected chi connectivity index (χ2v) is 12.2. The Labute approximate surface area is 221 Å². The largest absolute Gasteiger partial charge is 0.310 e. The summed E-state index contributed by atoms with van der Waals surface area (Å²) in [4.78, 5) is 2.48. The van der Waals surface area contributed by atoms with Gasteiger partial charge in [-0.3, -0.25) is 0 Å². The third-order valence-electron chi connectivity index (χ3n) is 8.48. The molecule has 1 nitrogen and oxygen atoms in total. The molecular formula is C34H28BrN. The zero-order valence-corrected chi connectivity index (χ0v) is 22.6. The number of nitrogens with zero attached hydrogens (tertiary/aromatic N) is 1. The highest BCUT2D eigenvalue weighted by molar-refractivity contribution is 9.10. The fraction of sp³-hybridized carbons (Fsp3) is 0.176. The zero-order valence-electron chi connectivity index (χ0n) is 21.1. The number of fused-ring (bicyclic) bond motifs is 6. The quantitative estimate of drug-likeness (QED) is 0.208. The van der Waals surface area contributed by atoms with Crippen LogP contribution in [0, 0.1) is 0 Å². The van der Waals surface area contributed by atoms with Crippen LogP contribution in [0.15, 0.2) is 102 Å². The Morgan fingerprint density at radius 2 is 1.22 bits per heavy atom. The summed E-state index contributed by atoms with van der Waals surface area (Å²) in [5, 5.41) is 2.53. The van der Waals surface area contributed by atoms with Crippen LogP contribution in [0.5, 0.6) is 0 Å². The van der Waals surface area contributed by atoms with Crippen LogP contribution in [-0.4, -0.2) is 0 Å². The first-order chi connectivity index (χ1) is 17.3. The molecule has 0 radical (unpaired) electrons. The van der Waals surface area contributed by atoms with Gasteiger partial charge >= 0.3 is 0 Å². The fourth-order valence-electron chi connectivity index (χ4n) is 6.51. The number of halogens is 1. The molecule has 0 saturated carbocycles. The maximum Gasteiger partial charge on any atom is 0.0506 e. The van der Waals surface area contributed by atoms with Crippen LogP contribution < -0.4 is 4.90 Å². The molecule has 0 atom stereocenters. The molecule has 0 amide bonds. The number of anilines is 3. The summed E-state index contributed by atoms with van der Waals surface area (Å²) in [5.74, 6) is 0. The molecule has 2 heteroatoms. The van der Waals surface area contributed by atoms with Crippen LogP contribution in [0.2, 0.25) is 0 Å². The average molecular weight is 531 g/mol. The molecule has 7 rings (SSSR count). The lowest BCUT2D eigenvalue weighted by Gasteiger charge is -2.43. The van der Waals surface area contributed by atoms with E-state index in [1.165, 1.54) is 61.2 Å². The maximum atomic E-state index is 3.72. The maximum absolute atomic E-state index is 3.72. The molecule has 176 valence electrons. The Bertz CT molecular complexity index is 1710. The smallest absolute Gasteiger partial charge is 0.0506 e. The average Bonchev–Trinajstić information content (AvgIpc) is 3.09. The number of hydrogen-bond acceptors (Lipinski definition) is 1. The van der Waals surface area contributed by atoms with Crippen molar-refractivity contribution in [1.82, 2.24) is 0 Å². The SMILES string of the molecule is CC1(C)c2ccc(Br)cc2-c2cc3c(cc21)N(c1ccc2ccccc2c1)c1ccccc1C3(C)C. The van der Waals surface area contributed by atoms with Gasteiger partial charge in [-0.15, -0.1) is 0 Å². The summed E-state index contributed by atoms with van der Waals surface area (Å²) in [7, 11) is 0. The van der Waals surface area contributed by atoms with E-state index in [-0.39, 0.29) is 10.8 Å². The number of para-hydroxylation sites is 1. The van der Waals surface area contributed by atoms with Gasteiger partial charge in [0.25, 0.3) is 0 Å². The Kier molecular flexibility index (Phi) is 4.46. The van der Waals surface area contributed by atoms with Crippen molar-refractivity contribution in [2.75, 3.05) is 4.90 Å². The van der Waals surface area contributed by atoms with Gasteiger partial charge < -0.3 is 4.90 Å². The van der Waals surface area contributed by atoms with Gasteiger partial charge in [0.2, 0.25) is 0 Å². The number of hydrogen-bond donors (Lipinski definition) is 0. The lowest BCUT2D eigenvalue weighted by atomic mass is 9.72. The molecule has 0 spiro atoms. The summed E-state index contributed by atoms with van der Waals surface area (Å²) in [6.45, 7) is 9.47. The highest BCUT2D eigenvalue weighted by Gasteiger charge is 2.42. The van der Waals surface area contributed by atoms with Crippen LogP contribution in [0.1, 0.15) is 49.9 Å². The summed E-state index contributed by atoms with van der Waals surface area (Å²) in [5.41, 5.74) is 11.8. The Hall–Kier alpha value is -3.36. The number of rotatable bonds is 1. The molecule has 1 aliphatic heterocycles. The van der Waals surface area contributed by atoms with Gasteiger partial charge in [0.1, 0.15) is 0 Å². The predicted molar refractivity (Wildman–Crippen MR) is 156 cm³/mol. The van der Waals surface area contributed by atoms with Gasteiger partial charge in [0, 0.05) is 21.0 Å². The molecule has 0 aromatic heterocycles. The van der Waals surface area contributed by atoms with Crippen molar-refractivity contribution < 1.29 is 0 Å². The van der Waals surface area contributed by atoms with Crippen molar-refractivity contribution in [3.8, 4) is 11.1 Å². The molecule has 0 fully saturated rings. The summed E-state index contributed by atoms with van der Waals surface area (Å²) in [6, 6.07) is 36.1. The lowest BCUT2D eigenvalue weighted by molar-refractivity contribution is 0.627. The van der Waals surface area contributed by atoms with E-state index in [0.717, 1.165) is 4.47 Å². The Morgan fingerprint density at radius 3 is 2.06 bits per heavy atom. The second-order valence-electron chi connectivity index (χ2n) is 11.2. The molecule has 0 bridgehead atoms. The van der Waals surface area contributed by atoms with E-state index < -0.39 is 0 Å². The summed E-state index contributed by atoms with van der Waals surface area (Å²) < 4.78 is 1.13. The minimum atomic E-state index is -0.118. The highest BCUT2D eigenvalue weighted by atomic mass is 79.9. The van der Waals surface area contributed by atoms with Gasteiger partial charge in [-0.25, -0.2) is 0 Å². The van der Waals surface area contributed by atoms with Crippen molar-refractivity contribution in [1.29, 1.82) is 0 Å². The minimum absolute atomic E-state index is 0.0590. The fourth-order valence-corrected chi connectivity index (χ4v) is 6.87. The third kappa shape index (κ3) is 2.88. The van der Waals surface area contributed by atoms with Gasteiger partial charge in [-0.05, 0) is 86.6 Å². The summed E-state index contributed by atoms with van der Waals surface area (Å²) >= 11 is 3.72. The predicted octanol–water partition coefficient (Wildman–Crippen LogP) is 10.0. The van der Waals surface area contributed by atoms with E-state index in [4.69, 9.17) is 0 Å². The molecule has 1 aliphatic carbocycles. The zero-order chi connectivity index (χ0) is 24.8. The van der Waals surface area contributed by atoms with Gasteiger partial charge in [0.15, 0.2) is 0 Å². The molecule has 1 heterocycles. The van der Waals surface area contributed by atoms with E-state index >= 15 is 0 Å². The van der Waals surface area contributed by atoms with Gasteiger partial charge in [0.05, 0.1) is 11.4 Å². The molecule has 0 unspecified atom stereocenters. The molecule has 0 saturated heterocycles. The normalized spacial score (nSPS) is 16.3. The Balaban J connectivity index is 1.55. The first-order valence-electron chi connectivity index (χ1n) is 12.6. The molecule has 2 aliphatic rings. The standard InChI is InChI=1S/C34H28BrN/c1-33(2)27-16-14-23(35)18-25(27)26-19-30-32(20-29(26)33)36(31-12-8-7-11-28(31)34(30,3)4)24-15-13-21-9-5-6-10-22(21)17-24/h5-20H,1-4H3. The molecular weight excluding hydrogens is 502 g/mol. The van der Waals surface area contributed by atoms with Crippen LogP contribution in [0.25, 0.3) is 21.9 Å². The van der Waals surface area contributed by atoms with Crippen LogP contribution in [-0.2, 0) is 10.8 Å². The topological polar surface area (TPSA) is 3.24 Å². The first kappa shape index (κ1) is 21.9. The van der Waals surface area contributed by atoms with Gasteiger partial charge in [-0.2, -0.15) is 0 Å². The lowest BCUT2D eigenvalue weighted by Crippen LogP contribution is -2.31. The van der Waals surface area contributed by atoms with E-state index in [1.807, 2.05) is 0 Å². The Morgan fingerprint density at radius 1 is 0.528 bits per heavy atom. The monoisotopic (exact) mass is 529 g/mol. The van der Waals surface area contributed by atoms with Crippen LogP contribution >= 0.6 is 15.9 Å². The molecule has 36 heavy (non-hydrogen) atoms. The van der Waals surface area contributed by atoms with E-state index in [1.54, 1.807) is 0 Å². The van der Waals surface area contributed by atoms with Crippen molar-refractivity contribution in [3.05, 3.63) is 124 Å². The molecule has 5 aromatic rings. The highest BCUT2D eigenvalue weighted by Crippen LogP contribution is 2.57. The van der Waals surface area contributed by atoms with Crippen molar-refractivity contribution in [2.24, 2.45) is 0 Å². The van der Waals surface area contributed by atoms with Crippen LogP contribution in [0.4, 0.5) is 17.1 Å². The van der Waals surface area contributed by atoms with E-state index in [9.17, 15) is 0 Å². The summed E-state index contributed by atoms with van der Waals surface area (Å²) in [6.07, 6.45) is 0. The van der Waals surface area contributed by atoms with Crippen molar-refractivity contribution in [3.63, 3.8) is 0 Å². The number of benzene rings is 5. The third-order valence-corrected chi connectivity index (χ3v) is 8.97. The van der Waals surface area contributed by atoms with E-state index in [0.29, 0.717) is 0 Å².